The molecule has 1 atom stereocenters. The third-order valence-corrected chi connectivity index (χ3v) is 7.43. The van der Waals surface area contributed by atoms with Crippen molar-refractivity contribution in [2.45, 2.75) is 51.0 Å². The van der Waals surface area contributed by atoms with Crippen LogP contribution in [0.3, 0.4) is 0 Å². The number of carbonyl (C=O) groups is 1. The van der Waals surface area contributed by atoms with Gasteiger partial charge in [-0.3, -0.25) is 4.79 Å². The monoisotopic (exact) mass is 416 g/mol. The van der Waals surface area contributed by atoms with Gasteiger partial charge in [0.15, 0.2) is 0 Å². The van der Waals surface area contributed by atoms with Gasteiger partial charge < -0.3 is 10.1 Å². The van der Waals surface area contributed by atoms with Crippen LogP contribution < -0.4 is 10.1 Å². The van der Waals surface area contributed by atoms with E-state index in [1.54, 1.807) is 12.1 Å². The number of ether oxygens (including phenoxy) is 1. The second-order valence-corrected chi connectivity index (χ2v) is 9.46. The molecule has 29 heavy (non-hydrogen) atoms. The highest BCUT2D eigenvalue weighted by atomic mass is 32.2. The van der Waals surface area contributed by atoms with Gasteiger partial charge in [-0.25, -0.2) is 8.42 Å². The molecule has 0 radical (unpaired) electrons. The fourth-order valence-corrected chi connectivity index (χ4v) is 5.52. The highest BCUT2D eigenvalue weighted by molar-refractivity contribution is 7.89. The van der Waals surface area contributed by atoms with Crippen molar-refractivity contribution in [3.05, 3.63) is 53.1 Å². The number of piperidine rings is 1. The van der Waals surface area contributed by atoms with Gasteiger partial charge in [-0.05, 0) is 69.0 Å². The van der Waals surface area contributed by atoms with Crippen molar-refractivity contribution in [3.63, 3.8) is 0 Å². The number of hydrogen-bond acceptors (Lipinski definition) is 4. The van der Waals surface area contributed by atoms with Gasteiger partial charge in [0.1, 0.15) is 10.6 Å². The molecule has 0 aromatic heterocycles. The zero-order valence-electron chi connectivity index (χ0n) is 17.4. The topological polar surface area (TPSA) is 75.7 Å². The predicted molar refractivity (Wildman–Crippen MR) is 114 cm³/mol. The summed E-state index contributed by atoms with van der Waals surface area (Å²) in [5, 5.41) is 2.88. The summed E-state index contributed by atoms with van der Waals surface area (Å²) in [6.07, 6.45) is 2.68. The minimum absolute atomic E-state index is 0.0300. The van der Waals surface area contributed by atoms with Gasteiger partial charge in [0.05, 0.1) is 7.11 Å². The maximum Gasteiger partial charge on any atom is 0.255 e. The van der Waals surface area contributed by atoms with E-state index in [9.17, 15) is 13.2 Å². The molecule has 1 aliphatic heterocycles. The summed E-state index contributed by atoms with van der Waals surface area (Å²) in [4.78, 5) is 12.9. The summed E-state index contributed by atoms with van der Waals surface area (Å²) in [5.74, 6) is -0.115. The van der Waals surface area contributed by atoms with Crippen molar-refractivity contribution >= 4 is 21.6 Å². The first-order valence-electron chi connectivity index (χ1n) is 9.82. The summed E-state index contributed by atoms with van der Waals surface area (Å²) in [6, 6.07) is 10.3. The number of benzene rings is 2. The van der Waals surface area contributed by atoms with Crippen LogP contribution in [0.5, 0.6) is 5.75 Å². The second kappa shape index (κ2) is 8.55. The van der Waals surface area contributed by atoms with E-state index in [2.05, 4.69) is 5.32 Å². The summed E-state index contributed by atoms with van der Waals surface area (Å²) in [5.41, 5.74) is 2.95. The van der Waals surface area contributed by atoms with E-state index in [1.165, 1.54) is 17.5 Å². The average molecular weight is 417 g/mol. The number of methoxy groups -OCH3 is 1. The largest absolute Gasteiger partial charge is 0.495 e. The normalized spacial score (nSPS) is 17.7. The standard InChI is InChI=1S/C22H28N2O4S/c1-15-8-9-16(2)19(13-15)23-22(25)18-10-11-20(28-4)21(14-18)29(26,27)24-12-6-5-7-17(24)3/h8-11,13-14,17H,5-7,12H2,1-4H3,(H,23,25)/t17-/m1/s1. The van der Waals surface area contributed by atoms with Gasteiger partial charge in [-0.1, -0.05) is 18.6 Å². The molecule has 1 fully saturated rings. The smallest absolute Gasteiger partial charge is 0.255 e. The van der Waals surface area contributed by atoms with Gasteiger partial charge in [-0.15, -0.1) is 0 Å². The van der Waals surface area contributed by atoms with E-state index < -0.39 is 10.0 Å². The first-order valence-corrected chi connectivity index (χ1v) is 11.3. The summed E-state index contributed by atoms with van der Waals surface area (Å²) in [7, 11) is -2.34. The molecule has 1 saturated heterocycles. The number of sulfonamides is 1. The zero-order valence-corrected chi connectivity index (χ0v) is 18.2. The molecule has 6 nitrogen and oxygen atoms in total. The van der Waals surface area contributed by atoms with Crippen LogP contribution in [0.25, 0.3) is 0 Å². The van der Waals surface area contributed by atoms with Crippen LogP contribution in [0.1, 0.15) is 47.7 Å². The fraction of sp³-hybridized carbons (Fsp3) is 0.409. The van der Waals surface area contributed by atoms with E-state index in [0.717, 1.165) is 30.4 Å². The molecule has 0 saturated carbocycles. The van der Waals surface area contributed by atoms with Gasteiger partial charge in [0, 0.05) is 23.8 Å². The molecule has 0 bridgehead atoms. The molecule has 0 unspecified atom stereocenters. The Hall–Kier alpha value is -2.38. The number of rotatable bonds is 5. The molecule has 0 spiro atoms. The summed E-state index contributed by atoms with van der Waals surface area (Å²) >= 11 is 0. The molecule has 7 heteroatoms. The van der Waals surface area contributed by atoms with Gasteiger partial charge in [0.2, 0.25) is 10.0 Å². The van der Waals surface area contributed by atoms with Crippen LogP contribution in [-0.2, 0) is 10.0 Å². The highest BCUT2D eigenvalue weighted by Crippen LogP contribution is 2.32. The number of nitrogens with zero attached hydrogens (tertiary/aromatic N) is 1. The minimum atomic E-state index is -3.77. The van der Waals surface area contributed by atoms with Crippen molar-refractivity contribution < 1.29 is 17.9 Å². The fourth-order valence-electron chi connectivity index (χ4n) is 3.64. The van der Waals surface area contributed by atoms with E-state index in [-0.39, 0.29) is 28.2 Å². The van der Waals surface area contributed by atoms with Crippen LogP contribution in [-0.4, -0.2) is 38.3 Å². The van der Waals surface area contributed by atoms with E-state index in [0.29, 0.717) is 12.2 Å². The molecule has 3 rings (SSSR count). The van der Waals surface area contributed by atoms with Crippen LogP contribution in [0.15, 0.2) is 41.3 Å². The van der Waals surface area contributed by atoms with Crippen molar-refractivity contribution in [1.29, 1.82) is 0 Å². The van der Waals surface area contributed by atoms with Crippen molar-refractivity contribution in [2.24, 2.45) is 0 Å². The van der Waals surface area contributed by atoms with Crippen LogP contribution in [0, 0.1) is 13.8 Å². The number of aryl methyl sites for hydroxylation is 2. The lowest BCUT2D eigenvalue weighted by atomic mass is 10.1. The third-order valence-electron chi connectivity index (χ3n) is 5.40. The lowest BCUT2D eigenvalue weighted by Crippen LogP contribution is -2.42. The van der Waals surface area contributed by atoms with E-state index >= 15 is 0 Å². The van der Waals surface area contributed by atoms with Crippen LogP contribution >= 0.6 is 0 Å². The first-order chi connectivity index (χ1) is 13.7. The molecule has 2 aromatic rings. The van der Waals surface area contributed by atoms with E-state index in [4.69, 9.17) is 4.74 Å². The Kier molecular flexibility index (Phi) is 6.29. The summed E-state index contributed by atoms with van der Waals surface area (Å²) < 4.78 is 33.5. The van der Waals surface area contributed by atoms with Crippen molar-refractivity contribution in [1.82, 2.24) is 4.31 Å². The molecule has 156 valence electrons. The maximum absolute atomic E-state index is 13.3. The van der Waals surface area contributed by atoms with Crippen LogP contribution in [0.2, 0.25) is 0 Å². The average Bonchev–Trinajstić information content (AvgIpc) is 2.70. The Morgan fingerprint density at radius 3 is 2.59 bits per heavy atom. The van der Waals surface area contributed by atoms with Crippen LogP contribution in [0.4, 0.5) is 5.69 Å². The lowest BCUT2D eigenvalue weighted by Gasteiger charge is -2.32. The molecule has 1 heterocycles. The Morgan fingerprint density at radius 2 is 1.90 bits per heavy atom. The number of hydrogen-bond donors (Lipinski definition) is 1. The molecular formula is C22H28N2O4S. The first kappa shape index (κ1) is 21.3. The zero-order chi connectivity index (χ0) is 21.2. The number of carbonyl (C=O) groups excluding carboxylic acids is 1. The minimum Gasteiger partial charge on any atom is -0.495 e. The Labute approximate surface area is 172 Å². The van der Waals surface area contributed by atoms with Gasteiger partial charge in [0.25, 0.3) is 5.91 Å². The Morgan fingerprint density at radius 1 is 1.14 bits per heavy atom. The Balaban J connectivity index is 1.96. The second-order valence-electron chi connectivity index (χ2n) is 7.60. The molecule has 1 amide bonds. The van der Waals surface area contributed by atoms with Gasteiger partial charge in [-0.2, -0.15) is 4.31 Å². The molecule has 1 aliphatic rings. The molecule has 1 N–H and O–H groups in total. The quantitative estimate of drug-likeness (QED) is 0.795. The van der Waals surface area contributed by atoms with E-state index in [1.807, 2.05) is 39.0 Å². The summed E-state index contributed by atoms with van der Waals surface area (Å²) in [6.45, 7) is 6.26. The van der Waals surface area contributed by atoms with Crippen molar-refractivity contribution in [2.75, 3.05) is 19.0 Å². The molecular weight excluding hydrogens is 388 g/mol. The SMILES string of the molecule is COc1ccc(C(=O)Nc2cc(C)ccc2C)cc1S(=O)(=O)N1CCCC[C@H]1C. The number of amides is 1. The molecule has 0 aliphatic carbocycles. The Bertz CT molecular complexity index is 1020. The maximum atomic E-state index is 13.3. The predicted octanol–water partition coefficient (Wildman–Crippen LogP) is 4.13. The van der Waals surface area contributed by atoms with Gasteiger partial charge >= 0.3 is 0 Å². The molecule has 2 aromatic carbocycles. The van der Waals surface area contributed by atoms with Crippen molar-refractivity contribution in [3.8, 4) is 5.75 Å². The number of anilines is 1. The number of nitrogens with one attached hydrogen (secondary N) is 1. The third kappa shape index (κ3) is 4.46. The highest BCUT2D eigenvalue weighted by Gasteiger charge is 2.33. The lowest BCUT2D eigenvalue weighted by molar-refractivity contribution is 0.102.